The van der Waals surface area contributed by atoms with Gasteiger partial charge in [0.15, 0.2) is 0 Å². The lowest BCUT2D eigenvalue weighted by Gasteiger charge is -2.27. The van der Waals surface area contributed by atoms with Gasteiger partial charge in [0.05, 0.1) is 6.54 Å². The molecule has 0 unspecified atom stereocenters. The van der Waals surface area contributed by atoms with Crippen LogP contribution in [0.4, 0.5) is 4.79 Å². The predicted molar refractivity (Wildman–Crippen MR) is 70.9 cm³/mol. The molecule has 0 aromatic carbocycles. The fraction of sp³-hybridized carbons (Fsp3) is 0.917. The predicted octanol–water partition coefficient (Wildman–Crippen LogP) is 1.39. The van der Waals surface area contributed by atoms with Gasteiger partial charge in [-0.25, -0.2) is 4.79 Å². The third kappa shape index (κ3) is 2.90. The highest BCUT2D eigenvalue weighted by molar-refractivity contribution is 5.85. The number of nitrogens with two attached hydrogens (primary N) is 1. The quantitative estimate of drug-likeness (QED) is 0.787. The third-order valence-corrected chi connectivity index (χ3v) is 3.50. The van der Waals surface area contributed by atoms with Crippen LogP contribution in [0.15, 0.2) is 0 Å². The third-order valence-electron chi connectivity index (χ3n) is 3.50. The van der Waals surface area contributed by atoms with Crippen molar-refractivity contribution in [1.82, 2.24) is 4.90 Å². The minimum atomic E-state index is -0.453. The molecule has 106 valence electrons. The van der Waals surface area contributed by atoms with E-state index in [-0.39, 0.29) is 24.1 Å². The Kier molecular flexibility index (Phi) is 4.51. The molecule has 0 saturated carbocycles. The number of nitrogens with zero attached hydrogens (tertiary/aromatic N) is 1. The van der Waals surface area contributed by atoms with Crippen molar-refractivity contribution in [3.63, 3.8) is 0 Å². The van der Waals surface area contributed by atoms with Crippen LogP contribution in [0.3, 0.4) is 0 Å². The molecule has 0 aromatic heterocycles. The van der Waals surface area contributed by atoms with E-state index in [0.717, 1.165) is 13.0 Å². The summed E-state index contributed by atoms with van der Waals surface area (Å²) in [4.78, 5) is 13.7. The number of carbonyl (C=O) groups excluding carboxylic acids is 1. The van der Waals surface area contributed by atoms with Gasteiger partial charge >= 0.3 is 6.09 Å². The number of fused-ring (bicyclic) bond motifs is 1. The number of halogens is 1. The van der Waals surface area contributed by atoms with Gasteiger partial charge in [0.2, 0.25) is 0 Å². The molecule has 2 heterocycles. The first kappa shape index (κ1) is 15.5. The summed E-state index contributed by atoms with van der Waals surface area (Å²) in [5.41, 5.74) is 5.02. The second-order valence-corrected chi connectivity index (χ2v) is 5.96. The Morgan fingerprint density at radius 2 is 2.22 bits per heavy atom. The molecule has 5 nitrogen and oxygen atoms in total. The van der Waals surface area contributed by atoms with Gasteiger partial charge in [-0.3, -0.25) is 0 Å². The zero-order valence-corrected chi connectivity index (χ0v) is 12.1. The van der Waals surface area contributed by atoms with Crippen LogP contribution in [0.1, 0.15) is 27.2 Å². The number of hydrogen-bond acceptors (Lipinski definition) is 4. The van der Waals surface area contributed by atoms with Gasteiger partial charge in [-0.15, -0.1) is 12.4 Å². The summed E-state index contributed by atoms with van der Waals surface area (Å²) in [6, 6.07) is 0. The average Bonchev–Trinajstić information content (AvgIpc) is 2.70. The molecule has 0 spiro atoms. The van der Waals surface area contributed by atoms with Crippen LogP contribution in [0.5, 0.6) is 0 Å². The van der Waals surface area contributed by atoms with Crippen LogP contribution in [-0.2, 0) is 9.47 Å². The first-order chi connectivity index (χ1) is 7.86. The van der Waals surface area contributed by atoms with E-state index >= 15 is 0 Å². The van der Waals surface area contributed by atoms with E-state index in [1.807, 2.05) is 20.8 Å². The molecule has 2 fully saturated rings. The van der Waals surface area contributed by atoms with Crippen molar-refractivity contribution in [3.8, 4) is 0 Å². The van der Waals surface area contributed by atoms with Crippen molar-refractivity contribution >= 4 is 18.5 Å². The summed E-state index contributed by atoms with van der Waals surface area (Å²) in [6.45, 7) is 8.10. The Morgan fingerprint density at radius 1 is 1.56 bits per heavy atom. The van der Waals surface area contributed by atoms with Gasteiger partial charge in [0, 0.05) is 25.6 Å². The molecule has 2 N–H and O–H groups in total. The molecule has 2 saturated heterocycles. The minimum Gasteiger partial charge on any atom is -0.444 e. The zero-order valence-electron chi connectivity index (χ0n) is 11.3. The van der Waals surface area contributed by atoms with Crippen LogP contribution >= 0.6 is 12.4 Å². The molecule has 18 heavy (non-hydrogen) atoms. The number of carbonyl (C=O) groups is 1. The van der Waals surface area contributed by atoms with E-state index in [4.69, 9.17) is 15.2 Å². The summed E-state index contributed by atoms with van der Waals surface area (Å²) in [7, 11) is 0. The number of amides is 1. The Labute approximate surface area is 114 Å². The number of ether oxygens (including phenoxy) is 2. The molecule has 0 aromatic rings. The van der Waals surface area contributed by atoms with E-state index in [0.29, 0.717) is 25.6 Å². The molecule has 0 bridgehead atoms. The van der Waals surface area contributed by atoms with Gasteiger partial charge in [-0.1, -0.05) is 0 Å². The Balaban J connectivity index is 0.00000162. The maximum absolute atomic E-state index is 12.0. The highest BCUT2D eigenvalue weighted by atomic mass is 35.5. The van der Waals surface area contributed by atoms with Crippen molar-refractivity contribution < 1.29 is 14.3 Å². The lowest BCUT2D eigenvalue weighted by atomic mass is 9.91. The molecule has 2 rings (SSSR count). The molecule has 1 amide bonds. The van der Waals surface area contributed by atoms with Gasteiger partial charge in [-0.05, 0) is 27.2 Å². The SMILES string of the molecule is CC(C)(C)OC(=O)N1C[C@@H]2CCO[C@]2(CN)C1.Cl. The normalized spacial score (nSPS) is 30.9. The van der Waals surface area contributed by atoms with Crippen molar-refractivity contribution in [2.75, 3.05) is 26.2 Å². The lowest BCUT2D eigenvalue weighted by molar-refractivity contribution is -0.00694. The number of hydrogen-bond donors (Lipinski definition) is 1. The van der Waals surface area contributed by atoms with E-state index in [1.54, 1.807) is 4.90 Å². The summed E-state index contributed by atoms with van der Waals surface area (Å²) in [5.74, 6) is 0.361. The summed E-state index contributed by atoms with van der Waals surface area (Å²) < 4.78 is 11.1. The average molecular weight is 279 g/mol. The maximum Gasteiger partial charge on any atom is 0.410 e. The standard InChI is InChI=1S/C12H22N2O3.ClH/c1-11(2,3)17-10(15)14-6-9-4-5-16-12(9,7-13)8-14;/h9H,4-8,13H2,1-3H3;1H/t9-,12+;/m0./s1. The Morgan fingerprint density at radius 3 is 2.72 bits per heavy atom. The molecular formula is C12H23ClN2O3. The first-order valence-corrected chi connectivity index (χ1v) is 6.18. The highest BCUT2D eigenvalue weighted by Crippen LogP contribution is 2.38. The Bertz CT molecular complexity index is 319. The second-order valence-electron chi connectivity index (χ2n) is 5.96. The second kappa shape index (κ2) is 5.23. The van der Waals surface area contributed by atoms with Crippen LogP contribution in [0, 0.1) is 5.92 Å². The van der Waals surface area contributed by atoms with Crippen LogP contribution in [-0.4, -0.2) is 48.4 Å². The van der Waals surface area contributed by atoms with Crippen molar-refractivity contribution in [1.29, 1.82) is 0 Å². The number of rotatable bonds is 1. The molecule has 0 radical (unpaired) electrons. The maximum atomic E-state index is 12.0. The summed E-state index contributed by atoms with van der Waals surface area (Å²) >= 11 is 0. The van der Waals surface area contributed by atoms with Crippen molar-refractivity contribution in [2.45, 2.75) is 38.4 Å². The van der Waals surface area contributed by atoms with Crippen LogP contribution < -0.4 is 5.73 Å². The van der Waals surface area contributed by atoms with Crippen molar-refractivity contribution in [2.24, 2.45) is 11.7 Å². The highest BCUT2D eigenvalue weighted by Gasteiger charge is 2.51. The summed E-state index contributed by atoms with van der Waals surface area (Å²) in [5, 5.41) is 0. The smallest absolute Gasteiger partial charge is 0.410 e. The van der Waals surface area contributed by atoms with E-state index in [9.17, 15) is 4.79 Å². The van der Waals surface area contributed by atoms with Crippen LogP contribution in [0.25, 0.3) is 0 Å². The molecule has 2 aliphatic heterocycles. The molecule has 2 aliphatic rings. The fourth-order valence-electron chi connectivity index (χ4n) is 2.63. The van der Waals surface area contributed by atoms with E-state index in [2.05, 4.69) is 0 Å². The molecule has 6 heteroatoms. The summed E-state index contributed by atoms with van der Waals surface area (Å²) in [6.07, 6.45) is 0.722. The first-order valence-electron chi connectivity index (χ1n) is 6.18. The monoisotopic (exact) mass is 278 g/mol. The molecule has 2 atom stereocenters. The lowest BCUT2D eigenvalue weighted by Crippen LogP contribution is -2.45. The largest absolute Gasteiger partial charge is 0.444 e. The van der Waals surface area contributed by atoms with Gasteiger partial charge in [-0.2, -0.15) is 0 Å². The molecule has 0 aliphatic carbocycles. The zero-order chi connectivity index (χ0) is 12.7. The van der Waals surface area contributed by atoms with Crippen LogP contribution in [0.2, 0.25) is 0 Å². The van der Waals surface area contributed by atoms with Gasteiger partial charge < -0.3 is 20.1 Å². The minimum absolute atomic E-state index is 0. The van der Waals surface area contributed by atoms with E-state index in [1.165, 1.54) is 0 Å². The Hall–Kier alpha value is -0.520. The van der Waals surface area contributed by atoms with E-state index < -0.39 is 5.60 Å². The topological polar surface area (TPSA) is 64.8 Å². The van der Waals surface area contributed by atoms with Gasteiger partial charge in [0.1, 0.15) is 11.2 Å². The van der Waals surface area contributed by atoms with Crippen molar-refractivity contribution in [3.05, 3.63) is 0 Å². The van der Waals surface area contributed by atoms with Gasteiger partial charge in [0.25, 0.3) is 0 Å². The molecular weight excluding hydrogens is 256 g/mol. The number of likely N-dealkylation sites (tertiary alicyclic amines) is 1. The fourth-order valence-corrected chi connectivity index (χ4v) is 2.63.